The lowest BCUT2D eigenvalue weighted by Crippen LogP contribution is -2.41. The van der Waals surface area contributed by atoms with E-state index in [9.17, 15) is 4.79 Å². The zero-order valence-electron chi connectivity index (χ0n) is 9.38. The average molecular weight is 198 g/mol. The Labute approximate surface area is 86.9 Å². The molecule has 0 aromatic heterocycles. The van der Waals surface area contributed by atoms with Crippen LogP contribution in [0.1, 0.15) is 39.5 Å². The van der Waals surface area contributed by atoms with Gasteiger partial charge in [0.1, 0.15) is 0 Å². The number of rotatable bonds is 6. The number of urea groups is 1. The molecule has 0 heterocycles. The molecule has 1 saturated carbocycles. The maximum Gasteiger partial charge on any atom is 0.317 e. The molecule has 0 aromatic rings. The molecule has 1 rings (SSSR count). The lowest BCUT2D eigenvalue weighted by molar-refractivity contribution is 0.195. The summed E-state index contributed by atoms with van der Waals surface area (Å²) in [7, 11) is 0. The Hall–Kier alpha value is -0.730. The minimum absolute atomic E-state index is 0.126. The van der Waals surface area contributed by atoms with Gasteiger partial charge in [0.15, 0.2) is 0 Å². The van der Waals surface area contributed by atoms with Gasteiger partial charge >= 0.3 is 6.03 Å². The molecule has 0 aliphatic heterocycles. The first-order valence-electron chi connectivity index (χ1n) is 5.80. The highest BCUT2D eigenvalue weighted by Gasteiger charge is 2.25. The van der Waals surface area contributed by atoms with Crippen LogP contribution in [0.5, 0.6) is 0 Å². The molecule has 2 amide bonds. The number of nitrogens with one attached hydrogen (secondary N) is 1. The fourth-order valence-electron chi connectivity index (χ4n) is 1.50. The van der Waals surface area contributed by atoms with E-state index >= 15 is 0 Å². The van der Waals surface area contributed by atoms with Crippen LogP contribution in [-0.2, 0) is 0 Å². The maximum atomic E-state index is 11.7. The molecule has 3 heteroatoms. The van der Waals surface area contributed by atoms with Gasteiger partial charge in [-0.2, -0.15) is 0 Å². The van der Waals surface area contributed by atoms with E-state index in [1.54, 1.807) is 0 Å². The molecular weight excluding hydrogens is 176 g/mol. The number of nitrogens with zero attached hydrogens (tertiary/aromatic N) is 1. The van der Waals surface area contributed by atoms with E-state index in [1.807, 2.05) is 4.90 Å². The predicted octanol–water partition coefficient (Wildman–Crippen LogP) is 2.23. The Bertz CT molecular complexity index is 178. The van der Waals surface area contributed by atoms with Crippen molar-refractivity contribution in [1.29, 1.82) is 0 Å². The predicted molar refractivity (Wildman–Crippen MR) is 58.3 cm³/mol. The van der Waals surface area contributed by atoms with Crippen LogP contribution in [0.25, 0.3) is 0 Å². The standard InChI is InChI=1S/C11H22N2O/c1-3-7-12-11(14)13(8-4-2)9-10-5-6-10/h10H,3-9H2,1-2H3,(H,12,14). The van der Waals surface area contributed by atoms with Gasteiger partial charge in [0.2, 0.25) is 0 Å². The zero-order chi connectivity index (χ0) is 10.4. The molecule has 1 N–H and O–H groups in total. The van der Waals surface area contributed by atoms with Crippen molar-refractivity contribution in [1.82, 2.24) is 10.2 Å². The van der Waals surface area contributed by atoms with Crippen LogP contribution in [0.15, 0.2) is 0 Å². The van der Waals surface area contributed by atoms with Gasteiger partial charge in [0.25, 0.3) is 0 Å². The van der Waals surface area contributed by atoms with Gasteiger partial charge in [-0.25, -0.2) is 4.79 Å². The van der Waals surface area contributed by atoms with Gasteiger partial charge < -0.3 is 10.2 Å². The molecule has 1 fully saturated rings. The number of hydrogen-bond acceptors (Lipinski definition) is 1. The second-order valence-electron chi connectivity index (χ2n) is 4.12. The molecule has 0 saturated heterocycles. The van der Waals surface area contributed by atoms with E-state index in [0.29, 0.717) is 0 Å². The first-order valence-corrected chi connectivity index (χ1v) is 5.80. The third-order valence-corrected chi connectivity index (χ3v) is 2.48. The summed E-state index contributed by atoms with van der Waals surface area (Å²) in [5.74, 6) is 0.786. The first-order chi connectivity index (χ1) is 6.77. The molecule has 0 bridgehead atoms. The lowest BCUT2D eigenvalue weighted by Gasteiger charge is -2.22. The van der Waals surface area contributed by atoms with Crippen molar-refractivity contribution >= 4 is 6.03 Å². The summed E-state index contributed by atoms with van der Waals surface area (Å²) in [6, 6.07) is 0.126. The summed E-state index contributed by atoms with van der Waals surface area (Å²) in [4.78, 5) is 13.6. The van der Waals surface area contributed by atoms with Crippen molar-refractivity contribution in [2.24, 2.45) is 5.92 Å². The molecule has 0 aromatic carbocycles. The number of carbonyl (C=O) groups is 1. The van der Waals surface area contributed by atoms with E-state index in [-0.39, 0.29) is 6.03 Å². The van der Waals surface area contributed by atoms with E-state index in [4.69, 9.17) is 0 Å². The summed E-state index contributed by atoms with van der Waals surface area (Å²) >= 11 is 0. The summed E-state index contributed by atoms with van der Waals surface area (Å²) < 4.78 is 0. The summed E-state index contributed by atoms with van der Waals surface area (Å²) in [5.41, 5.74) is 0. The Kier molecular flexibility index (Phi) is 4.77. The van der Waals surface area contributed by atoms with Crippen molar-refractivity contribution < 1.29 is 4.79 Å². The summed E-state index contributed by atoms with van der Waals surface area (Å²) in [6.45, 7) is 6.84. The molecule has 0 unspecified atom stereocenters. The molecule has 0 spiro atoms. The SMILES string of the molecule is CCCNC(=O)N(CCC)CC1CC1. The number of carbonyl (C=O) groups excluding carboxylic acids is 1. The minimum Gasteiger partial charge on any atom is -0.338 e. The monoisotopic (exact) mass is 198 g/mol. The quantitative estimate of drug-likeness (QED) is 0.697. The van der Waals surface area contributed by atoms with Gasteiger partial charge in [0.05, 0.1) is 0 Å². The first kappa shape index (κ1) is 11.3. The molecule has 14 heavy (non-hydrogen) atoms. The number of amides is 2. The van der Waals surface area contributed by atoms with Crippen LogP contribution < -0.4 is 5.32 Å². The van der Waals surface area contributed by atoms with Gasteiger partial charge in [0, 0.05) is 19.6 Å². The molecule has 0 atom stereocenters. The van der Waals surface area contributed by atoms with Crippen LogP contribution in [0, 0.1) is 5.92 Å². The highest BCUT2D eigenvalue weighted by atomic mass is 16.2. The Morgan fingerprint density at radius 3 is 2.57 bits per heavy atom. The van der Waals surface area contributed by atoms with Crippen LogP contribution in [0.3, 0.4) is 0 Å². The topological polar surface area (TPSA) is 32.3 Å². The van der Waals surface area contributed by atoms with Gasteiger partial charge in [-0.3, -0.25) is 0 Å². The van der Waals surface area contributed by atoms with Crippen molar-refractivity contribution in [3.63, 3.8) is 0 Å². The normalized spacial score (nSPS) is 15.3. The van der Waals surface area contributed by atoms with Crippen molar-refractivity contribution in [2.45, 2.75) is 39.5 Å². The van der Waals surface area contributed by atoms with Crippen LogP contribution in [0.4, 0.5) is 4.79 Å². The van der Waals surface area contributed by atoms with Gasteiger partial charge in [-0.1, -0.05) is 13.8 Å². The largest absolute Gasteiger partial charge is 0.338 e. The van der Waals surface area contributed by atoms with Crippen molar-refractivity contribution in [3.05, 3.63) is 0 Å². The van der Waals surface area contributed by atoms with Crippen molar-refractivity contribution in [2.75, 3.05) is 19.6 Å². The highest BCUT2D eigenvalue weighted by Crippen LogP contribution is 2.29. The minimum atomic E-state index is 0.126. The average Bonchev–Trinajstić information content (AvgIpc) is 2.97. The fraction of sp³-hybridized carbons (Fsp3) is 0.909. The Morgan fingerprint density at radius 1 is 1.36 bits per heavy atom. The Morgan fingerprint density at radius 2 is 2.07 bits per heavy atom. The summed E-state index contributed by atoms with van der Waals surface area (Å²) in [5, 5.41) is 2.94. The maximum absolute atomic E-state index is 11.7. The molecular formula is C11H22N2O. The van der Waals surface area contributed by atoms with Crippen LogP contribution in [0.2, 0.25) is 0 Å². The van der Waals surface area contributed by atoms with E-state index < -0.39 is 0 Å². The van der Waals surface area contributed by atoms with Crippen LogP contribution >= 0.6 is 0 Å². The lowest BCUT2D eigenvalue weighted by atomic mass is 10.3. The molecule has 0 radical (unpaired) electrons. The van der Waals surface area contributed by atoms with E-state index in [0.717, 1.165) is 38.4 Å². The third kappa shape index (κ3) is 3.99. The number of hydrogen-bond donors (Lipinski definition) is 1. The van der Waals surface area contributed by atoms with Crippen molar-refractivity contribution in [3.8, 4) is 0 Å². The molecule has 3 nitrogen and oxygen atoms in total. The second kappa shape index (κ2) is 5.89. The summed E-state index contributed by atoms with van der Waals surface area (Å²) in [6.07, 6.45) is 4.67. The van der Waals surface area contributed by atoms with Gasteiger partial charge in [-0.05, 0) is 31.6 Å². The smallest absolute Gasteiger partial charge is 0.317 e. The van der Waals surface area contributed by atoms with E-state index in [2.05, 4.69) is 19.2 Å². The fourth-order valence-corrected chi connectivity index (χ4v) is 1.50. The third-order valence-electron chi connectivity index (χ3n) is 2.48. The molecule has 82 valence electrons. The highest BCUT2D eigenvalue weighted by molar-refractivity contribution is 5.74. The van der Waals surface area contributed by atoms with Gasteiger partial charge in [-0.15, -0.1) is 0 Å². The second-order valence-corrected chi connectivity index (χ2v) is 4.12. The molecule has 1 aliphatic carbocycles. The molecule has 1 aliphatic rings. The zero-order valence-corrected chi connectivity index (χ0v) is 9.38. The Balaban J connectivity index is 2.26. The van der Waals surface area contributed by atoms with E-state index in [1.165, 1.54) is 12.8 Å². The van der Waals surface area contributed by atoms with Crippen LogP contribution in [-0.4, -0.2) is 30.6 Å².